The number of carbonyl (C=O) groups is 1. The van der Waals surface area contributed by atoms with Crippen LogP contribution >= 0.6 is 0 Å². The minimum absolute atomic E-state index is 0.0198. The molecule has 2 heterocycles. The number of carbonyl (C=O) groups excluding carboxylic acids is 1. The Morgan fingerprint density at radius 1 is 1.03 bits per heavy atom. The number of rotatable bonds is 4. The number of halogens is 7. The molecule has 2 aromatic heterocycles. The summed E-state index contributed by atoms with van der Waals surface area (Å²) in [5, 5.41) is 2.00. The van der Waals surface area contributed by atoms with Gasteiger partial charge in [0.2, 0.25) is 5.91 Å². The Balaban J connectivity index is 2.03. The molecule has 0 radical (unpaired) electrons. The quantitative estimate of drug-likeness (QED) is 0.608. The zero-order valence-corrected chi connectivity index (χ0v) is 14.1. The van der Waals surface area contributed by atoms with E-state index in [4.69, 9.17) is 0 Å². The third kappa shape index (κ3) is 5.15. The maximum atomic E-state index is 13.6. The van der Waals surface area contributed by atoms with Crippen LogP contribution in [0.5, 0.6) is 5.75 Å². The molecule has 0 aliphatic rings. The van der Waals surface area contributed by atoms with E-state index in [2.05, 4.69) is 9.72 Å². The molecule has 0 bridgehead atoms. The fraction of sp³-hybridized carbons (Fsp3) is 0.176. The normalized spacial score (nSPS) is 12.2. The van der Waals surface area contributed by atoms with Crippen molar-refractivity contribution in [3.8, 4) is 17.0 Å². The highest BCUT2D eigenvalue weighted by Crippen LogP contribution is 2.32. The number of nitrogens with zero attached hydrogens (tertiary/aromatic N) is 2. The number of imidazole rings is 1. The van der Waals surface area contributed by atoms with E-state index in [9.17, 15) is 35.5 Å². The summed E-state index contributed by atoms with van der Waals surface area (Å²) in [4.78, 5) is 15.6. The Hall–Kier alpha value is -3.31. The van der Waals surface area contributed by atoms with Crippen LogP contribution in [0.4, 0.5) is 36.6 Å². The largest absolute Gasteiger partial charge is 0.573 e. The van der Waals surface area contributed by atoms with Crippen molar-refractivity contribution in [1.82, 2.24) is 9.38 Å². The number of amides is 1. The Kier molecular flexibility index (Phi) is 5.11. The van der Waals surface area contributed by atoms with Crippen molar-refractivity contribution >= 4 is 17.4 Å². The van der Waals surface area contributed by atoms with Crippen LogP contribution in [0.1, 0.15) is 6.42 Å². The second-order valence-electron chi connectivity index (χ2n) is 5.80. The molecule has 154 valence electrons. The van der Waals surface area contributed by atoms with Crippen LogP contribution in [0, 0.1) is 5.82 Å². The first kappa shape index (κ1) is 20.4. The summed E-state index contributed by atoms with van der Waals surface area (Å²) in [5.74, 6) is -2.96. The van der Waals surface area contributed by atoms with E-state index >= 15 is 0 Å². The lowest BCUT2D eigenvalue weighted by Crippen LogP contribution is -2.21. The molecule has 0 unspecified atom stereocenters. The van der Waals surface area contributed by atoms with Crippen molar-refractivity contribution in [2.45, 2.75) is 19.0 Å². The second-order valence-corrected chi connectivity index (χ2v) is 5.80. The summed E-state index contributed by atoms with van der Waals surface area (Å²) in [6.45, 7) is 0. The summed E-state index contributed by atoms with van der Waals surface area (Å²) in [7, 11) is 0. The minimum atomic E-state index is -4.91. The van der Waals surface area contributed by atoms with Crippen molar-refractivity contribution in [3.05, 3.63) is 48.4 Å². The number of hydrogen-bond donors (Lipinski definition) is 1. The highest BCUT2D eigenvalue weighted by Gasteiger charge is 2.32. The number of pyridine rings is 1. The van der Waals surface area contributed by atoms with Gasteiger partial charge < -0.3 is 10.1 Å². The van der Waals surface area contributed by atoms with Gasteiger partial charge in [0, 0.05) is 11.8 Å². The number of benzene rings is 1. The third-order valence-electron chi connectivity index (χ3n) is 3.56. The maximum Gasteiger partial charge on any atom is 0.573 e. The van der Waals surface area contributed by atoms with Gasteiger partial charge in [0.1, 0.15) is 23.6 Å². The van der Waals surface area contributed by atoms with Crippen molar-refractivity contribution < 1.29 is 40.3 Å². The molecule has 29 heavy (non-hydrogen) atoms. The van der Waals surface area contributed by atoms with Gasteiger partial charge in [0.05, 0.1) is 5.69 Å². The molecule has 0 aliphatic heterocycles. The molecule has 0 fully saturated rings. The lowest BCUT2D eigenvalue weighted by Gasteiger charge is -2.11. The highest BCUT2D eigenvalue weighted by atomic mass is 19.4. The van der Waals surface area contributed by atoms with Crippen LogP contribution in [0.15, 0.2) is 42.6 Å². The van der Waals surface area contributed by atoms with Gasteiger partial charge in [0.15, 0.2) is 5.82 Å². The van der Waals surface area contributed by atoms with E-state index in [1.807, 2.05) is 5.32 Å². The van der Waals surface area contributed by atoms with E-state index in [1.54, 1.807) is 0 Å². The Morgan fingerprint density at radius 3 is 2.28 bits per heavy atom. The minimum Gasteiger partial charge on any atom is -0.406 e. The smallest absolute Gasteiger partial charge is 0.406 e. The number of nitrogens with one attached hydrogen (secondary N) is 1. The zero-order valence-electron chi connectivity index (χ0n) is 14.1. The summed E-state index contributed by atoms with van der Waals surface area (Å²) < 4.78 is 92.7. The number of alkyl halides is 6. The summed E-state index contributed by atoms with van der Waals surface area (Å²) in [6.07, 6.45) is -10.5. The molecule has 0 saturated carbocycles. The molecule has 3 rings (SSSR count). The van der Waals surface area contributed by atoms with Crippen LogP contribution in [-0.4, -0.2) is 27.8 Å². The van der Waals surface area contributed by atoms with Gasteiger partial charge in [-0.2, -0.15) is 13.2 Å². The van der Waals surface area contributed by atoms with Crippen LogP contribution in [0.2, 0.25) is 0 Å². The molecule has 0 aliphatic carbocycles. The van der Waals surface area contributed by atoms with Gasteiger partial charge in [-0.05, 0) is 36.4 Å². The maximum absolute atomic E-state index is 13.6. The van der Waals surface area contributed by atoms with Gasteiger partial charge in [-0.1, -0.05) is 0 Å². The average Bonchev–Trinajstić information content (AvgIpc) is 2.89. The number of fused-ring (bicyclic) bond motifs is 1. The van der Waals surface area contributed by atoms with Crippen LogP contribution < -0.4 is 10.1 Å². The number of ether oxygens (including phenoxy) is 1. The monoisotopic (exact) mass is 421 g/mol. The lowest BCUT2D eigenvalue weighted by molar-refractivity contribution is -0.274. The molecular weight excluding hydrogens is 411 g/mol. The predicted octanol–water partition coefficient (Wildman–Crippen LogP) is 4.93. The molecule has 0 spiro atoms. The van der Waals surface area contributed by atoms with E-state index < -0.39 is 36.4 Å². The van der Waals surface area contributed by atoms with E-state index in [0.29, 0.717) is 0 Å². The molecular formula is C17H10F7N3O2. The van der Waals surface area contributed by atoms with Gasteiger partial charge in [-0.3, -0.25) is 9.20 Å². The molecule has 1 N–H and O–H groups in total. The van der Waals surface area contributed by atoms with E-state index in [1.165, 1.54) is 6.07 Å². The molecule has 0 saturated heterocycles. The molecule has 0 atom stereocenters. The first-order valence-corrected chi connectivity index (χ1v) is 7.82. The predicted molar refractivity (Wildman–Crippen MR) is 86.6 cm³/mol. The molecule has 1 aromatic carbocycles. The first-order valence-electron chi connectivity index (χ1n) is 7.82. The van der Waals surface area contributed by atoms with Crippen molar-refractivity contribution in [1.29, 1.82) is 0 Å². The van der Waals surface area contributed by atoms with Crippen molar-refractivity contribution in [3.63, 3.8) is 0 Å². The van der Waals surface area contributed by atoms with Crippen molar-refractivity contribution in [2.24, 2.45) is 0 Å². The standard InChI is InChI=1S/C17H10F7N3O2/c18-10-3-6-12-25-15(26-13(28)7-16(19,20)21)14(27(12)8-10)9-1-4-11(5-2-9)29-17(22,23)24/h1-6,8H,7H2,(H,26,28). The fourth-order valence-electron chi connectivity index (χ4n) is 2.55. The highest BCUT2D eigenvalue weighted by molar-refractivity contribution is 5.94. The Morgan fingerprint density at radius 2 is 1.69 bits per heavy atom. The third-order valence-corrected chi connectivity index (χ3v) is 3.56. The molecule has 3 aromatic rings. The second kappa shape index (κ2) is 7.26. The summed E-state index contributed by atoms with van der Waals surface area (Å²) in [5.41, 5.74) is 0.229. The van der Waals surface area contributed by atoms with Crippen LogP contribution in [0.25, 0.3) is 16.9 Å². The van der Waals surface area contributed by atoms with E-state index in [0.717, 1.165) is 40.9 Å². The summed E-state index contributed by atoms with van der Waals surface area (Å²) >= 11 is 0. The van der Waals surface area contributed by atoms with Gasteiger partial charge in [-0.15, -0.1) is 13.2 Å². The van der Waals surface area contributed by atoms with Crippen LogP contribution in [-0.2, 0) is 4.79 Å². The number of hydrogen-bond acceptors (Lipinski definition) is 3. The van der Waals surface area contributed by atoms with E-state index in [-0.39, 0.29) is 22.7 Å². The Bertz CT molecular complexity index is 1040. The van der Waals surface area contributed by atoms with Crippen LogP contribution in [0.3, 0.4) is 0 Å². The Labute approximate surface area is 157 Å². The molecule has 12 heteroatoms. The van der Waals surface area contributed by atoms with Crippen molar-refractivity contribution in [2.75, 3.05) is 5.32 Å². The first-order chi connectivity index (χ1) is 13.4. The SMILES string of the molecule is O=C(CC(F)(F)F)Nc1nc2ccc(F)cn2c1-c1ccc(OC(F)(F)F)cc1. The molecule has 5 nitrogen and oxygen atoms in total. The van der Waals surface area contributed by atoms with Gasteiger partial charge >= 0.3 is 12.5 Å². The average molecular weight is 421 g/mol. The number of aromatic nitrogens is 2. The molecule has 1 amide bonds. The fourth-order valence-corrected chi connectivity index (χ4v) is 2.55. The van der Waals surface area contributed by atoms with Gasteiger partial charge in [0.25, 0.3) is 0 Å². The van der Waals surface area contributed by atoms with Gasteiger partial charge in [-0.25, -0.2) is 9.37 Å². The zero-order chi connectivity index (χ0) is 21.4. The lowest BCUT2D eigenvalue weighted by atomic mass is 10.1. The topological polar surface area (TPSA) is 55.6 Å². The number of anilines is 1. The summed E-state index contributed by atoms with van der Waals surface area (Å²) in [6, 6.07) is 6.52.